The van der Waals surface area contributed by atoms with Gasteiger partial charge in [-0.25, -0.2) is 0 Å². The van der Waals surface area contributed by atoms with Gasteiger partial charge in [-0.2, -0.15) is 13.9 Å². The molecule has 116 valence electrons. The molecule has 0 unspecified atom stereocenters. The van der Waals surface area contributed by atoms with Crippen LogP contribution in [0.4, 0.5) is 8.78 Å². The highest BCUT2D eigenvalue weighted by atomic mass is 19.3. The smallest absolute Gasteiger partial charge is 0.337 e. The molecular formula is C15H16F2N4O. The molecule has 1 aliphatic heterocycles. The predicted molar refractivity (Wildman–Crippen MR) is 75.2 cm³/mol. The Hall–Kier alpha value is -2.31. The van der Waals surface area contributed by atoms with E-state index in [2.05, 4.69) is 10.1 Å². The van der Waals surface area contributed by atoms with Crippen molar-refractivity contribution in [2.75, 3.05) is 13.1 Å². The van der Waals surface area contributed by atoms with E-state index in [1.165, 1.54) is 23.2 Å². The second-order valence-electron chi connectivity index (χ2n) is 5.30. The van der Waals surface area contributed by atoms with Crippen LogP contribution in [0, 0.1) is 0 Å². The van der Waals surface area contributed by atoms with Gasteiger partial charge in [0.05, 0.1) is 6.04 Å². The highest BCUT2D eigenvalue weighted by molar-refractivity contribution is 5.84. The molecule has 2 aromatic heterocycles. The van der Waals surface area contributed by atoms with Crippen LogP contribution in [0.25, 0.3) is 0 Å². The first kappa shape index (κ1) is 14.6. The van der Waals surface area contributed by atoms with Crippen molar-refractivity contribution in [2.45, 2.75) is 24.8 Å². The van der Waals surface area contributed by atoms with E-state index < -0.39 is 17.5 Å². The Balaban J connectivity index is 1.67. The Morgan fingerprint density at radius 3 is 2.55 bits per heavy atom. The lowest BCUT2D eigenvalue weighted by atomic mass is 10.0. The maximum absolute atomic E-state index is 14.2. The van der Waals surface area contributed by atoms with E-state index in [1.54, 1.807) is 12.3 Å². The average Bonchev–Trinajstić information content (AvgIpc) is 3.09. The fourth-order valence-corrected chi connectivity index (χ4v) is 2.69. The molecule has 0 spiro atoms. The number of aromatic nitrogens is 3. The van der Waals surface area contributed by atoms with Crippen molar-refractivity contribution >= 4 is 5.91 Å². The van der Waals surface area contributed by atoms with Crippen LogP contribution in [0.1, 0.15) is 24.6 Å². The van der Waals surface area contributed by atoms with Crippen molar-refractivity contribution in [3.05, 3.63) is 48.5 Å². The van der Waals surface area contributed by atoms with Crippen LogP contribution in [-0.2, 0) is 10.7 Å². The highest BCUT2D eigenvalue weighted by Gasteiger charge is 2.45. The molecule has 0 saturated carbocycles. The van der Waals surface area contributed by atoms with Crippen molar-refractivity contribution < 1.29 is 13.6 Å². The van der Waals surface area contributed by atoms with Crippen LogP contribution < -0.4 is 0 Å². The van der Waals surface area contributed by atoms with Crippen molar-refractivity contribution in [1.82, 2.24) is 19.7 Å². The Labute approximate surface area is 126 Å². The van der Waals surface area contributed by atoms with Crippen LogP contribution in [0.5, 0.6) is 0 Å². The number of alkyl halides is 2. The fourth-order valence-electron chi connectivity index (χ4n) is 2.69. The predicted octanol–water partition coefficient (Wildman–Crippen LogP) is 2.23. The molecule has 0 atom stereocenters. The first-order valence-electron chi connectivity index (χ1n) is 7.17. The molecule has 0 radical (unpaired) electrons. The number of likely N-dealkylation sites (tertiary alicyclic amines) is 1. The fraction of sp³-hybridized carbons (Fsp3) is 0.400. The molecule has 2 aromatic rings. The minimum atomic E-state index is -3.58. The van der Waals surface area contributed by atoms with Gasteiger partial charge in [0.1, 0.15) is 5.69 Å². The molecule has 5 nitrogen and oxygen atoms in total. The largest absolute Gasteiger partial charge is 0.366 e. The first-order valence-corrected chi connectivity index (χ1v) is 7.17. The van der Waals surface area contributed by atoms with Gasteiger partial charge >= 0.3 is 5.92 Å². The SMILES string of the molecule is O=C(N1CCC(n2cccn2)CC1)C(F)(F)c1ccccn1. The molecule has 0 aromatic carbocycles. The number of nitrogens with zero attached hydrogens (tertiary/aromatic N) is 4. The number of pyridine rings is 1. The zero-order valence-electron chi connectivity index (χ0n) is 11.9. The van der Waals surface area contributed by atoms with Gasteiger partial charge in [-0.15, -0.1) is 0 Å². The van der Waals surface area contributed by atoms with E-state index in [9.17, 15) is 13.6 Å². The maximum Gasteiger partial charge on any atom is 0.366 e. The summed E-state index contributed by atoms with van der Waals surface area (Å²) in [4.78, 5) is 17.0. The summed E-state index contributed by atoms with van der Waals surface area (Å²) in [5, 5.41) is 4.16. The number of carbonyl (C=O) groups is 1. The molecule has 1 amide bonds. The quantitative estimate of drug-likeness (QED) is 0.874. The van der Waals surface area contributed by atoms with Crippen LogP contribution in [-0.4, -0.2) is 38.7 Å². The number of rotatable bonds is 3. The molecule has 3 rings (SSSR count). The third-order valence-corrected chi connectivity index (χ3v) is 3.91. The maximum atomic E-state index is 14.2. The molecular weight excluding hydrogens is 290 g/mol. The van der Waals surface area contributed by atoms with Crippen molar-refractivity contribution in [1.29, 1.82) is 0 Å². The highest BCUT2D eigenvalue weighted by Crippen LogP contribution is 2.31. The minimum Gasteiger partial charge on any atom is -0.337 e. The van der Waals surface area contributed by atoms with E-state index in [1.807, 2.05) is 16.9 Å². The van der Waals surface area contributed by atoms with E-state index in [-0.39, 0.29) is 6.04 Å². The molecule has 22 heavy (non-hydrogen) atoms. The number of amides is 1. The van der Waals surface area contributed by atoms with E-state index in [4.69, 9.17) is 0 Å². The molecule has 1 saturated heterocycles. The van der Waals surface area contributed by atoms with Gasteiger partial charge in [-0.05, 0) is 31.0 Å². The summed E-state index contributed by atoms with van der Waals surface area (Å²) in [6.07, 6.45) is 6.04. The molecule has 7 heteroatoms. The summed E-state index contributed by atoms with van der Waals surface area (Å²) in [5.41, 5.74) is -0.505. The third kappa shape index (κ3) is 2.70. The van der Waals surface area contributed by atoms with E-state index in [0.717, 1.165) is 0 Å². The van der Waals surface area contributed by atoms with Gasteiger partial charge in [0.2, 0.25) is 0 Å². The number of halogens is 2. The van der Waals surface area contributed by atoms with Crippen molar-refractivity contribution in [3.8, 4) is 0 Å². The van der Waals surface area contributed by atoms with Crippen molar-refractivity contribution in [2.24, 2.45) is 0 Å². The number of piperidine rings is 1. The molecule has 0 aliphatic carbocycles. The van der Waals surface area contributed by atoms with Crippen LogP contribution in [0.3, 0.4) is 0 Å². The second-order valence-corrected chi connectivity index (χ2v) is 5.30. The van der Waals surface area contributed by atoms with Gasteiger partial charge in [-0.1, -0.05) is 6.07 Å². The molecule has 1 aliphatic rings. The summed E-state index contributed by atoms with van der Waals surface area (Å²) in [5.74, 6) is -4.76. The Morgan fingerprint density at radius 2 is 1.95 bits per heavy atom. The van der Waals surface area contributed by atoms with Gasteiger partial charge in [0.15, 0.2) is 0 Å². The topological polar surface area (TPSA) is 51.0 Å². The van der Waals surface area contributed by atoms with E-state index >= 15 is 0 Å². The standard InChI is InChI=1S/C15H16F2N4O/c16-15(17,13-4-1-2-7-18-13)14(22)20-10-5-12(6-11-20)21-9-3-8-19-21/h1-4,7-9,12H,5-6,10-11H2. The molecule has 1 fully saturated rings. The monoisotopic (exact) mass is 306 g/mol. The Kier molecular flexibility index (Phi) is 3.87. The summed E-state index contributed by atoms with van der Waals surface area (Å²) >= 11 is 0. The third-order valence-electron chi connectivity index (χ3n) is 3.91. The summed E-state index contributed by atoms with van der Waals surface area (Å²) in [6, 6.07) is 6.15. The molecule has 0 N–H and O–H groups in total. The first-order chi connectivity index (χ1) is 10.6. The summed E-state index contributed by atoms with van der Waals surface area (Å²) in [6.45, 7) is 0.595. The van der Waals surface area contributed by atoms with Gasteiger partial charge in [-0.3, -0.25) is 14.5 Å². The summed E-state index contributed by atoms with van der Waals surface area (Å²) < 4.78 is 30.3. The van der Waals surface area contributed by atoms with Crippen LogP contribution >= 0.6 is 0 Å². The van der Waals surface area contributed by atoms with Gasteiger partial charge in [0.25, 0.3) is 5.91 Å². The normalized spacial score (nSPS) is 16.7. The lowest BCUT2D eigenvalue weighted by Crippen LogP contribution is -2.46. The van der Waals surface area contributed by atoms with E-state index in [0.29, 0.717) is 25.9 Å². The number of carbonyl (C=O) groups excluding carboxylic acids is 1. The van der Waals surface area contributed by atoms with Crippen LogP contribution in [0.2, 0.25) is 0 Å². The lowest BCUT2D eigenvalue weighted by Gasteiger charge is -2.33. The summed E-state index contributed by atoms with van der Waals surface area (Å²) in [7, 11) is 0. The number of hydrogen-bond acceptors (Lipinski definition) is 3. The molecule has 0 bridgehead atoms. The number of hydrogen-bond donors (Lipinski definition) is 0. The zero-order chi connectivity index (χ0) is 15.6. The van der Waals surface area contributed by atoms with Gasteiger partial charge < -0.3 is 4.90 Å². The second kappa shape index (κ2) is 5.82. The zero-order valence-corrected chi connectivity index (χ0v) is 11.9. The van der Waals surface area contributed by atoms with Crippen LogP contribution in [0.15, 0.2) is 42.9 Å². The minimum absolute atomic E-state index is 0.155. The van der Waals surface area contributed by atoms with Crippen molar-refractivity contribution in [3.63, 3.8) is 0 Å². The Morgan fingerprint density at radius 1 is 1.18 bits per heavy atom. The lowest BCUT2D eigenvalue weighted by molar-refractivity contribution is -0.161. The average molecular weight is 306 g/mol. The van der Waals surface area contributed by atoms with Gasteiger partial charge in [0, 0.05) is 31.7 Å². The molecule has 3 heterocycles. The Bertz CT molecular complexity index is 622.